The van der Waals surface area contributed by atoms with Crippen LogP contribution in [0.15, 0.2) is 41.7 Å². The monoisotopic (exact) mass is 372 g/mol. The van der Waals surface area contributed by atoms with E-state index in [1.165, 1.54) is 6.42 Å². The van der Waals surface area contributed by atoms with Gasteiger partial charge in [-0.2, -0.15) is 0 Å². The minimum atomic E-state index is -1.01. The van der Waals surface area contributed by atoms with E-state index in [1.54, 1.807) is 19.4 Å². The highest BCUT2D eigenvalue weighted by molar-refractivity contribution is 7.93. The van der Waals surface area contributed by atoms with Crippen molar-refractivity contribution in [1.82, 2.24) is 9.55 Å². The van der Waals surface area contributed by atoms with E-state index in [2.05, 4.69) is 4.98 Å². The van der Waals surface area contributed by atoms with Gasteiger partial charge in [-0.15, -0.1) is 0 Å². The third-order valence-electron chi connectivity index (χ3n) is 5.69. The van der Waals surface area contributed by atoms with Gasteiger partial charge in [-0.3, -0.25) is 0 Å². The first kappa shape index (κ1) is 17.6. The summed E-state index contributed by atoms with van der Waals surface area (Å²) in [5.41, 5.74) is 1.50. The van der Waals surface area contributed by atoms with Crippen LogP contribution < -0.4 is 0 Å². The van der Waals surface area contributed by atoms with Gasteiger partial charge in [0.05, 0.1) is 25.2 Å². The Bertz CT molecular complexity index is 798. The molecule has 0 bridgehead atoms. The zero-order valence-corrected chi connectivity index (χ0v) is 15.8. The molecule has 26 heavy (non-hydrogen) atoms. The summed E-state index contributed by atoms with van der Waals surface area (Å²) in [6.07, 6.45) is 9.47. The second-order valence-electron chi connectivity index (χ2n) is 7.18. The Kier molecular flexibility index (Phi) is 4.80. The van der Waals surface area contributed by atoms with Crippen LogP contribution in [0.3, 0.4) is 0 Å². The highest BCUT2D eigenvalue weighted by Crippen LogP contribution is 2.51. The van der Waals surface area contributed by atoms with E-state index in [0.29, 0.717) is 12.3 Å². The molecular weight excluding hydrogens is 348 g/mol. The van der Waals surface area contributed by atoms with Gasteiger partial charge in [0.2, 0.25) is 0 Å². The maximum Gasteiger partial charge on any atom is 0.356 e. The van der Waals surface area contributed by atoms with Crippen LogP contribution in [0.25, 0.3) is 0 Å². The predicted octanol–water partition coefficient (Wildman–Crippen LogP) is 3.86. The Labute approximate surface area is 156 Å². The van der Waals surface area contributed by atoms with Gasteiger partial charge in [-0.05, 0) is 49.8 Å². The first-order valence-electron chi connectivity index (χ1n) is 9.36. The Morgan fingerprint density at radius 1 is 1.35 bits per heavy atom. The van der Waals surface area contributed by atoms with E-state index >= 15 is 0 Å². The summed E-state index contributed by atoms with van der Waals surface area (Å²) in [7, 11) is 0. The average molecular weight is 372 g/mol. The molecule has 2 aromatic rings. The first-order valence-corrected chi connectivity index (χ1v) is 10.5. The number of carbonyl (C=O) groups is 1. The lowest BCUT2D eigenvalue weighted by Gasteiger charge is -2.44. The third kappa shape index (κ3) is 2.85. The van der Waals surface area contributed by atoms with Crippen LogP contribution in [0.1, 0.15) is 67.5 Å². The number of esters is 1. The van der Waals surface area contributed by atoms with E-state index in [4.69, 9.17) is 4.74 Å². The maximum atomic E-state index is 13.4. The minimum Gasteiger partial charge on any atom is -0.611 e. The van der Waals surface area contributed by atoms with E-state index in [9.17, 15) is 9.35 Å². The number of rotatable bonds is 3. The minimum absolute atomic E-state index is 0.0380. The number of nitrogens with zero attached hydrogens (tertiary/aromatic N) is 2. The highest BCUT2D eigenvalue weighted by Gasteiger charge is 2.51. The molecule has 4 rings (SSSR count). The first-order chi connectivity index (χ1) is 12.7. The summed E-state index contributed by atoms with van der Waals surface area (Å²) in [4.78, 5) is 17.5. The lowest BCUT2D eigenvalue weighted by Crippen LogP contribution is -2.46. The van der Waals surface area contributed by atoms with Crippen LogP contribution in [0.4, 0.5) is 0 Å². The van der Waals surface area contributed by atoms with Crippen molar-refractivity contribution in [1.29, 1.82) is 0 Å². The summed E-state index contributed by atoms with van der Waals surface area (Å²) < 4.78 is 20.3. The summed E-state index contributed by atoms with van der Waals surface area (Å²) in [6.45, 7) is 2.13. The molecule has 1 spiro atoms. The second kappa shape index (κ2) is 7.08. The summed E-state index contributed by atoms with van der Waals surface area (Å²) >= 11 is -1.01. The zero-order valence-electron chi connectivity index (χ0n) is 15.0. The number of carbonyl (C=O) groups excluding carboxylic acids is 1. The number of aromatic nitrogens is 2. The molecule has 1 fully saturated rings. The summed E-state index contributed by atoms with van der Waals surface area (Å²) in [5.74, 6) is -0.355. The number of hydrogen-bond acceptors (Lipinski definition) is 4. The van der Waals surface area contributed by atoms with Gasteiger partial charge < -0.3 is 13.9 Å². The van der Waals surface area contributed by atoms with Crippen molar-refractivity contribution in [2.75, 3.05) is 6.61 Å². The number of fused-ring (bicyclic) bond motifs is 1. The molecule has 2 unspecified atom stereocenters. The molecule has 0 N–H and O–H groups in total. The van der Waals surface area contributed by atoms with E-state index in [-0.39, 0.29) is 16.8 Å². The quantitative estimate of drug-likeness (QED) is 0.606. The van der Waals surface area contributed by atoms with Crippen molar-refractivity contribution < 1.29 is 14.1 Å². The molecule has 2 atom stereocenters. The van der Waals surface area contributed by atoms with Gasteiger partial charge >= 0.3 is 5.97 Å². The SMILES string of the molecule is CCOC(=O)c1cncn1C1CC2(CCCCC2)[S+]([O-])c2ccccc21. The van der Waals surface area contributed by atoms with Gasteiger partial charge in [0.25, 0.3) is 0 Å². The van der Waals surface area contributed by atoms with Crippen molar-refractivity contribution in [3.63, 3.8) is 0 Å². The molecule has 138 valence electrons. The Morgan fingerprint density at radius 2 is 2.12 bits per heavy atom. The molecular formula is C20H24N2O3S. The molecule has 6 heteroatoms. The molecule has 2 aliphatic rings. The van der Waals surface area contributed by atoms with Crippen LogP contribution >= 0.6 is 0 Å². The van der Waals surface area contributed by atoms with Crippen LogP contribution in [0.2, 0.25) is 0 Å². The van der Waals surface area contributed by atoms with Gasteiger partial charge in [0, 0.05) is 12.0 Å². The van der Waals surface area contributed by atoms with Crippen molar-refractivity contribution in [2.24, 2.45) is 0 Å². The molecule has 1 saturated carbocycles. The van der Waals surface area contributed by atoms with Gasteiger partial charge in [0.1, 0.15) is 10.4 Å². The molecule has 0 radical (unpaired) electrons. The highest BCUT2D eigenvalue weighted by atomic mass is 32.2. The normalized spacial score (nSPS) is 24.2. The summed E-state index contributed by atoms with van der Waals surface area (Å²) in [5, 5.41) is 0. The largest absolute Gasteiger partial charge is 0.611 e. The second-order valence-corrected chi connectivity index (χ2v) is 9.02. The van der Waals surface area contributed by atoms with Crippen LogP contribution in [-0.4, -0.2) is 31.4 Å². The van der Waals surface area contributed by atoms with Gasteiger partial charge in [0.15, 0.2) is 4.90 Å². The zero-order chi connectivity index (χ0) is 18.1. The number of benzene rings is 1. The van der Waals surface area contributed by atoms with Crippen LogP contribution in [-0.2, 0) is 15.9 Å². The molecule has 5 nitrogen and oxygen atoms in total. The van der Waals surface area contributed by atoms with E-state index in [1.807, 2.05) is 28.8 Å². The summed E-state index contributed by atoms with van der Waals surface area (Å²) in [6, 6.07) is 7.90. The maximum absolute atomic E-state index is 13.4. The number of imidazole rings is 1. The fourth-order valence-corrected chi connectivity index (χ4v) is 6.50. The lowest BCUT2D eigenvalue weighted by molar-refractivity contribution is 0.0511. The Hall–Kier alpha value is -1.79. The van der Waals surface area contributed by atoms with Crippen molar-refractivity contribution >= 4 is 17.1 Å². The van der Waals surface area contributed by atoms with Crippen molar-refractivity contribution in [2.45, 2.75) is 61.1 Å². The fraction of sp³-hybridized carbons (Fsp3) is 0.500. The predicted molar refractivity (Wildman–Crippen MR) is 99.6 cm³/mol. The van der Waals surface area contributed by atoms with Gasteiger partial charge in [-0.1, -0.05) is 24.6 Å². The molecule has 0 amide bonds. The fourth-order valence-electron chi connectivity index (χ4n) is 4.45. The molecule has 1 aromatic heterocycles. The molecule has 1 aliphatic carbocycles. The van der Waals surface area contributed by atoms with Crippen LogP contribution in [0, 0.1) is 0 Å². The van der Waals surface area contributed by atoms with Crippen molar-refractivity contribution in [3.05, 3.63) is 48.0 Å². The molecule has 0 saturated heterocycles. The smallest absolute Gasteiger partial charge is 0.356 e. The average Bonchev–Trinajstić information content (AvgIpc) is 3.16. The van der Waals surface area contributed by atoms with E-state index < -0.39 is 11.2 Å². The number of ether oxygens (including phenoxy) is 1. The van der Waals surface area contributed by atoms with Gasteiger partial charge in [-0.25, -0.2) is 9.78 Å². The van der Waals surface area contributed by atoms with Crippen molar-refractivity contribution in [3.8, 4) is 0 Å². The van der Waals surface area contributed by atoms with E-state index in [0.717, 1.165) is 42.6 Å². The number of hydrogen-bond donors (Lipinski definition) is 0. The Morgan fingerprint density at radius 3 is 2.88 bits per heavy atom. The van der Waals surface area contributed by atoms with Crippen LogP contribution in [0.5, 0.6) is 0 Å². The Balaban J connectivity index is 1.80. The standard InChI is InChI=1S/C20H24N2O3S/c1-2-25-19(23)17-13-21-14-22(17)16-12-20(10-6-3-7-11-20)26(24)18-9-5-4-8-15(16)18/h4-5,8-9,13-14,16H,2-3,6-7,10-12H2,1H3. The molecule has 2 heterocycles. The lowest BCUT2D eigenvalue weighted by atomic mass is 9.81. The molecule has 1 aromatic carbocycles. The topological polar surface area (TPSA) is 67.2 Å². The molecule has 1 aliphatic heterocycles. The third-order valence-corrected chi connectivity index (χ3v) is 7.82.